The van der Waals surface area contributed by atoms with Gasteiger partial charge in [0.15, 0.2) is 6.10 Å². The van der Waals surface area contributed by atoms with Crippen molar-refractivity contribution in [1.82, 2.24) is 0 Å². The van der Waals surface area contributed by atoms with Crippen molar-refractivity contribution < 1.29 is 47.8 Å². The topological polar surface area (TPSA) is 149 Å². The van der Waals surface area contributed by atoms with Gasteiger partial charge in [-0.05, 0) is 51.4 Å². The number of allylic oxidation sites excluding steroid dienone is 10. The van der Waals surface area contributed by atoms with Crippen LogP contribution in [0.1, 0.15) is 174 Å². The zero-order valence-corrected chi connectivity index (χ0v) is 36.0. The van der Waals surface area contributed by atoms with Gasteiger partial charge >= 0.3 is 19.8 Å². The molecule has 0 aromatic carbocycles. The molecule has 324 valence electrons. The van der Waals surface area contributed by atoms with Crippen molar-refractivity contribution in [2.75, 3.05) is 26.4 Å². The molecule has 0 rings (SSSR count). The van der Waals surface area contributed by atoms with Crippen LogP contribution in [0.4, 0.5) is 0 Å². The number of ether oxygens (including phenoxy) is 2. The lowest BCUT2D eigenvalue weighted by Crippen LogP contribution is -2.29. The Kier molecular flexibility index (Phi) is 39.2. The van der Waals surface area contributed by atoms with E-state index in [0.717, 1.165) is 51.4 Å². The maximum Gasteiger partial charge on any atom is 0.472 e. The van der Waals surface area contributed by atoms with Crippen LogP contribution in [0, 0.1) is 0 Å². The van der Waals surface area contributed by atoms with Gasteiger partial charge in [-0.1, -0.05) is 171 Å². The summed E-state index contributed by atoms with van der Waals surface area (Å²) in [4.78, 5) is 35.0. The number of phosphoric ester groups is 1. The fourth-order valence-electron chi connectivity index (χ4n) is 5.62. The third-order valence-electron chi connectivity index (χ3n) is 8.94. The van der Waals surface area contributed by atoms with E-state index >= 15 is 0 Å². The van der Waals surface area contributed by atoms with Crippen LogP contribution in [0.2, 0.25) is 0 Å². The van der Waals surface area contributed by atoms with Crippen molar-refractivity contribution in [3.05, 3.63) is 60.8 Å². The van der Waals surface area contributed by atoms with Crippen LogP contribution in [0.3, 0.4) is 0 Å². The van der Waals surface area contributed by atoms with Gasteiger partial charge in [-0.15, -0.1) is 0 Å². The quantitative estimate of drug-likeness (QED) is 0.0236. The molecule has 1 unspecified atom stereocenters. The van der Waals surface area contributed by atoms with Gasteiger partial charge in [0.2, 0.25) is 0 Å². The molecule has 0 saturated heterocycles. The number of hydrogen-bond donors (Lipinski definition) is 3. The summed E-state index contributed by atoms with van der Waals surface area (Å²) in [5, 5.41) is 18.3. The van der Waals surface area contributed by atoms with Crippen LogP contribution in [0.15, 0.2) is 60.8 Å². The van der Waals surface area contributed by atoms with Crippen molar-refractivity contribution >= 4 is 19.8 Å². The summed E-state index contributed by atoms with van der Waals surface area (Å²) in [6.45, 7) is 2.21. The van der Waals surface area contributed by atoms with Gasteiger partial charge in [0.1, 0.15) is 12.7 Å². The number of carbonyl (C=O) groups is 2. The zero-order valence-electron chi connectivity index (χ0n) is 35.1. The predicted molar refractivity (Wildman–Crippen MR) is 228 cm³/mol. The molecule has 0 fully saturated rings. The fraction of sp³-hybridized carbons (Fsp3) is 0.733. The van der Waals surface area contributed by atoms with Crippen LogP contribution >= 0.6 is 7.82 Å². The molecule has 3 N–H and O–H groups in total. The van der Waals surface area contributed by atoms with E-state index in [4.69, 9.17) is 19.1 Å². The average molecular weight is 811 g/mol. The van der Waals surface area contributed by atoms with Crippen molar-refractivity contribution in [3.63, 3.8) is 0 Å². The van der Waals surface area contributed by atoms with Crippen LogP contribution in [-0.4, -0.2) is 65.7 Å². The lowest BCUT2D eigenvalue weighted by molar-refractivity contribution is -0.161. The third-order valence-corrected chi connectivity index (χ3v) is 9.89. The van der Waals surface area contributed by atoms with Gasteiger partial charge in [-0.2, -0.15) is 0 Å². The summed E-state index contributed by atoms with van der Waals surface area (Å²) in [6, 6.07) is 0. The molecule has 11 heteroatoms. The molecule has 0 amide bonds. The predicted octanol–water partition coefficient (Wildman–Crippen LogP) is 11.5. The van der Waals surface area contributed by atoms with Crippen molar-refractivity contribution in [2.24, 2.45) is 0 Å². The third kappa shape index (κ3) is 39.9. The first kappa shape index (κ1) is 53.7. The summed E-state index contributed by atoms with van der Waals surface area (Å²) in [7, 11) is -4.63. The van der Waals surface area contributed by atoms with Gasteiger partial charge < -0.3 is 24.6 Å². The molecule has 0 heterocycles. The summed E-state index contributed by atoms with van der Waals surface area (Å²) < 4.78 is 32.7. The van der Waals surface area contributed by atoms with Gasteiger partial charge in [-0.3, -0.25) is 18.6 Å². The van der Waals surface area contributed by atoms with E-state index < -0.39 is 51.8 Å². The van der Waals surface area contributed by atoms with Gasteiger partial charge in [0.05, 0.1) is 19.8 Å². The average Bonchev–Trinajstić information content (AvgIpc) is 3.19. The van der Waals surface area contributed by atoms with Crippen molar-refractivity contribution in [2.45, 2.75) is 187 Å². The second kappa shape index (κ2) is 40.9. The molecule has 56 heavy (non-hydrogen) atoms. The highest BCUT2D eigenvalue weighted by atomic mass is 31.2. The maximum absolute atomic E-state index is 12.6. The molecule has 0 aromatic heterocycles. The summed E-state index contributed by atoms with van der Waals surface area (Å²) in [5.74, 6) is -0.992. The first-order valence-corrected chi connectivity index (χ1v) is 23.2. The number of esters is 2. The van der Waals surface area contributed by atoms with E-state index in [1.807, 2.05) is 6.08 Å². The molecule has 0 radical (unpaired) electrons. The SMILES string of the molecule is CC/C=C\C/C=C\C/C=C\C/C=C\C/C=C\CCCC(=O)OC[C@H](COP(=O)(O)OC[C@@H](O)CO)OC(=O)CCCCCCCCCCCCCCCCCC. The number of rotatable bonds is 40. The monoisotopic (exact) mass is 811 g/mol. The molecule has 0 spiro atoms. The molecule has 10 nitrogen and oxygen atoms in total. The molecular formula is C45H79O10P. The fourth-order valence-corrected chi connectivity index (χ4v) is 6.41. The smallest absolute Gasteiger partial charge is 0.462 e. The first-order chi connectivity index (χ1) is 27.2. The molecule has 3 atom stereocenters. The molecular weight excluding hydrogens is 731 g/mol. The zero-order chi connectivity index (χ0) is 41.2. The molecule has 0 aromatic rings. The number of phosphoric acid groups is 1. The Morgan fingerprint density at radius 1 is 0.554 bits per heavy atom. The lowest BCUT2D eigenvalue weighted by atomic mass is 10.0. The second-order valence-corrected chi connectivity index (χ2v) is 15.8. The standard InChI is InChI=1S/C45H79O10P/c1-3-5-7-9-11-13-15-17-19-21-23-24-26-28-30-32-34-36-44(48)52-40-43(41-54-56(50,51)53-39-42(47)38-46)55-45(49)37-35-33-31-29-27-25-22-20-18-16-14-12-10-8-6-4-2/h5,7,11,13,17,19,23-24,28,30,42-43,46-47H,3-4,6,8-10,12,14-16,18,20-22,25-27,29,31-41H2,1-2H3,(H,50,51)/b7-5-,13-11-,19-17-,24-23-,30-28-/t42-,43+/m0/s1. The lowest BCUT2D eigenvalue weighted by Gasteiger charge is -2.20. The van der Waals surface area contributed by atoms with E-state index in [9.17, 15) is 24.2 Å². The molecule has 0 aliphatic rings. The first-order valence-electron chi connectivity index (χ1n) is 21.7. The number of aliphatic hydroxyl groups is 2. The van der Waals surface area contributed by atoms with Crippen LogP contribution in [-0.2, 0) is 32.7 Å². The minimum absolute atomic E-state index is 0.162. The van der Waals surface area contributed by atoms with E-state index in [-0.39, 0.29) is 19.4 Å². The molecule has 0 bridgehead atoms. The molecule has 0 aliphatic heterocycles. The number of unbranched alkanes of at least 4 members (excludes halogenated alkanes) is 16. The van der Waals surface area contributed by atoms with E-state index in [0.29, 0.717) is 19.3 Å². The maximum atomic E-state index is 12.6. The Morgan fingerprint density at radius 3 is 1.46 bits per heavy atom. The van der Waals surface area contributed by atoms with E-state index in [2.05, 4.69) is 73.1 Å². The normalized spacial score (nSPS) is 14.4. The highest BCUT2D eigenvalue weighted by Crippen LogP contribution is 2.43. The van der Waals surface area contributed by atoms with E-state index in [1.165, 1.54) is 77.0 Å². The van der Waals surface area contributed by atoms with Gasteiger partial charge in [-0.25, -0.2) is 4.57 Å². The number of hydrogen-bond acceptors (Lipinski definition) is 9. The van der Waals surface area contributed by atoms with Crippen LogP contribution in [0.25, 0.3) is 0 Å². The Balaban J connectivity index is 4.38. The summed E-state index contributed by atoms with van der Waals surface area (Å²) >= 11 is 0. The summed E-state index contributed by atoms with van der Waals surface area (Å²) in [6.07, 6.45) is 44.8. The highest BCUT2D eigenvalue weighted by Gasteiger charge is 2.27. The van der Waals surface area contributed by atoms with E-state index in [1.54, 1.807) is 0 Å². The van der Waals surface area contributed by atoms with Crippen molar-refractivity contribution in [1.29, 1.82) is 0 Å². The number of carbonyl (C=O) groups excluding carboxylic acids is 2. The van der Waals surface area contributed by atoms with Crippen molar-refractivity contribution in [3.8, 4) is 0 Å². The molecule has 0 aliphatic carbocycles. The Hall–Kier alpha value is -2.33. The Morgan fingerprint density at radius 2 is 0.982 bits per heavy atom. The van der Waals surface area contributed by atoms with Gasteiger partial charge in [0.25, 0.3) is 0 Å². The molecule has 0 saturated carbocycles. The Bertz CT molecular complexity index is 1120. The largest absolute Gasteiger partial charge is 0.472 e. The highest BCUT2D eigenvalue weighted by molar-refractivity contribution is 7.47. The summed E-state index contributed by atoms with van der Waals surface area (Å²) in [5.41, 5.74) is 0. The minimum Gasteiger partial charge on any atom is -0.462 e. The van der Waals surface area contributed by atoms with Crippen LogP contribution < -0.4 is 0 Å². The second-order valence-electron chi connectivity index (χ2n) is 14.3. The van der Waals surface area contributed by atoms with Gasteiger partial charge in [0, 0.05) is 12.8 Å². The Labute approximate surface area is 340 Å². The minimum atomic E-state index is -4.63. The number of aliphatic hydroxyl groups excluding tert-OH is 2. The van der Waals surface area contributed by atoms with Crippen LogP contribution in [0.5, 0.6) is 0 Å².